The third kappa shape index (κ3) is 2.85. The maximum absolute atomic E-state index is 10.5. The van der Waals surface area contributed by atoms with Gasteiger partial charge in [-0.05, 0) is 63.3 Å². The van der Waals surface area contributed by atoms with Crippen molar-refractivity contribution < 1.29 is 5.11 Å². The molecule has 2 heteroatoms. The van der Waals surface area contributed by atoms with Crippen LogP contribution in [0.15, 0.2) is 0 Å². The highest BCUT2D eigenvalue weighted by Crippen LogP contribution is 2.41. The molecule has 2 nitrogen and oxygen atoms in total. The SMILES string of the molecule is CCCC1CCC(O)C(N2CCCC3CCCC32)C1. The van der Waals surface area contributed by atoms with E-state index in [0.717, 1.165) is 24.3 Å². The molecule has 3 aliphatic rings. The van der Waals surface area contributed by atoms with Crippen LogP contribution in [-0.4, -0.2) is 34.7 Å². The minimum atomic E-state index is -0.0487. The first-order chi connectivity index (χ1) is 9.29. The van der Waals surface area contributed by atoms with Gasteiger partial charge in [0.1, 0.15) is 0 Å². The lowest BCUT2D eigenvalue weighted by atomic mass is 9.79. The van der Waals surface area contributed by atoms with Crippen molar-refractivity contribution in [3.8, 4) is 0 Å². The Labute approximate surface area is 118 Å². The Morgan fingerprint density at radius 2 is 1.84 bits per heavy atom. The van der Waals surface area contributed by atoms with Gasteiger partial charge in [0.05, 0.1) is 6.10 Å². The van der Waals surface area contributed by atoms with Crippen molar-refractivity contribution in [1.29, 1.82) is 0 Å². The second kappa shape index (κ2) is 6.13. The summed E-state index contributed by atoms with van der Waals surface area (Å²) in [6.45, 7) is 3.55. The average molecular weight is 265 g/mol. The average Bonchev–Trinajstić information content (AvgIpc) is 2.89. The molecule has 0 spiro atoms. The van der Waals surface area contributed by atoms with Gasteiger partial charge < -0.3 is 5.11 Å². The number of aliphatic hydroxyl groups excluding tert-OH is 1. The minimum absolute atomic E-state index is 0.0487. The van der Waals surface area contributed by atoms with Crippen LogP contribution in [-0.2, 0) is 0 Å². The minimum Gasteiger partial charge on any atom is -0.391 e. The number of hydrogen-bond donors (Lipinski definition) is 1. The van der Waals surface area contributed by atoms with E-state index in [9.17, 15) is 5.11 Å². The summed E-state index contributed by atoms with van der Waals surface area (Å²) in [7, 11) is 0. The second-order valence-corrected chi connectivity index (χ2v) is 7.24. The van der Waals surface area contributed by atoms with Gasteiger partial charge >= 0.3 is 0 Å². The van der Waals surface area contributed by atoms with Crippen LogP contribution in [0.5, 0.6) is 0 Å². The standard InChI is InChI=1S/C17H31NO/c1-2-5-13-9-10-17(19)16(12-13)18-11-4-7-14-6-3-8-15(14)18/h13-17,19H,2-12H2,1H3. The normalized spacial score (nSPS) is 44.2. The molecule has 0 aromatic rings. The molecule has 5 unspecified atom stereocenters. The summed E-state index contributed by atoms with van der Waals surface area (Å²) in [6, 6.07) is 1.30. The number of fused-ring (bicyclic) bond motifs is 1. The van der Waals surface area contributed by atoms with Crippen LogP contribution in [0.1, 0.15) is 71.1 Å². The molecule has 1 aliphatic heterocycles. The molecule has 0 bridgehead atoms. The third-order valence-corrected chi connectivity index (χ3v) is 6.05. The zero-order valence-corrected chi connectivity index (χ0v) is 12.6. The first-order valence-corrected chi connectivity index (χ1v) is 8.73. The lowest BCUT2D eigenvalue weighted by molar-refractivity contribution is -0.0384. The van der Waals surface area contributed by atoms with Crippen LogP contribution in [0.25, 0.3) is 0 Å². The van der Waals surface area contributed by atoms with Crippen molar-refractivity contribution in [2.75, 3.05) is 6.54 Å². The molecule has 0 aromatic heterocycles. The quantitative estimate of drug-likeness (QED) is 0.843. The molecule has 1 saturated heterocycles. The van der Waals surface area contributed by atoms with Crippen LogP contribution in [0.4, 0.5) is 0 Å². The van der Waals surface area contributed by atoms with E-state index < -0.39 is 0 Å². The van der Waals surface area contributed by atoms with Gasteiger partial charge in [0.25, 0.3) is 0 Å². The van der Waals surface area contributed by atoms with Crippen LogP contribution in [0.2, 0.25) is 0 Å². The summed E-state index contributed by atoms with van der Waals surface area (Å²) in [5, 5.41) is 10.5. The van der Waals surface area contributed by atoms with Crippen LogP contribution in [0, 0.1) is 11.8 Å². The molecule has 1 N–H and O–H groups in total. The van der Waals surface area contributed by atoms with E-state index in [-0.39, 0.29) is 6.10 Å². The fourth-order valence-corrected chi connectivity index (χ4v) is 5.15. The molecule has 0 aromatic carbocycles. The summed E-state index contributed by atoms with van der Waals surface area (Å²) < 4.78 is 0. The second-order valence-electron chi connectivity index (χ2n) is 7.24. The Hall–Kier alpha value is -0.0800. The van der Waals surface area contributed by atoms with Crippen molar-refractivity contribution in [1.82, 2.24) is 4.90 Å². The Bertz CT molecular complexity index is 293. The summed E-state index contributed by atoms with van der Waals surface area (Å²) in [6.07, 6.45) is 13.3. The first kappa shape index (κ1) is 13.9. The molecule has 110 valence electrons. The maximum Gasteiger partial charge on any atom is 0.0695 e. The van der Waals surface area contributed by atoms with Gasteiger partial charge in [-0.3, -0.25) is 4.90 Å². The fraction of sp³-hybridized carbons (Fsp3) is 1.00. The van der Waals surface area contributed by atoms with E-state index in [2.05, 4.69) is 11.8 Å². The van der Waals surface area contributed by atoms with E-state index in [1.807, 2.05) is 0 Å². The van der Waals surface area contributed by atoms with Gasteiger partial charge in [0.15, 0.2) is 0 Å². The van der Waals surface area contributed by atoms with Crippen molar-refractivity contribution in [2.24, 2.45) is 11.8 Å². The molecule has 2 saturated carbocycles. The van der Waals surface area contributed by atoms with Gasteiger partial charge in [0.2, 0.25) is 0 Å². The lowest BCUT2D eigenvalue weighted by Gasteiger charge is -2.47. The predicted molar refractivity (Wildman–Crippen MR) is 79.1 cm³/mol. The predicted octanol–water partition coefficient (Wildman–Crippen LogP) is 3.58. The molecule has 0 amide bonds. The van der Waals surface area contributed by atoms with Crippen LogP contribution < -0.4 is 0 Å². The van der Waals surface area contributed by atoms with E-state index in [4.69, 9.17) is 0 Å². The number of likely N-dealkylation sites (tertiary alicyclic amines) is 1. The summed E-state index contributed by atoms with van der Waals surface area (Å²) in [5.74, 6) is 1.83. The van der Waals surface area contributed by atoms with E-state index in [0.29, 0.717) is 6.04 Å². The van der Waals surface area contributed by atoms with E-state index in [1.165, 1.54) is 64.3 Å². The molecule has 3 rings (SSSR count). The zero-order valence-electron chi connectivity index (χ0n) is 12.6. The zero-order chi connectivity index (χ0) is 13.2. The summed E-state index contributed by atoms with van der Waals surface area (Å²) in [4.78, 5) is 2.74. The highest BCUT2D eigenvalue weighted by molar-refractivity contribution is 4.96. The highest BCUT2D eigenvalue weighted by atomic mass is 16.3. The van der Waals surface area contributed by atoms with Crippen molar-refractivity contribution in [3.05, 3.63) is 0 Å². The Kier molecular flexibility index (Phi) is 4.48. The topological polar surface area (TPSA) is 23.5 Å². The Morgan fingerprint density at radius 1 is 1.00 bits per heavy atom. The monoisotopic (exact) mass is 265 g/mol. The van der Waals surface area contributed by atoms with Gasteiger partial charge in [0, 0.05) is 12.1 Å². The van der Waals surface area contributed by atoms with Gasteiger partial charge in [-0.1, -0.05) is 26.2 Å². The molecular weight excluding hydrogens is 234 g/mol. The number of hydrogen-bond acceptors (Lipinski definition) is 2. The summed E-state index contributed by atoms with van der Waals surface area (Å²) in [5.41, 5.74) is 0. The molecule has 0 radical (unpaired) electrons. The number of piperidine rings is 1. The fourth-order valence-electron chi connectivity index (χ4n) is 5.15. The Balaban J connectivity index is 1.68. The van der Waals surface area contributed by atoms with E-state index in [1.54, 1.807) is 0 Å². The van der Waals surface area contributed by atoms with Gasteiger partial charge in [-0.25, -0.2) is 0 Å². The van der Waals surface area contributed by atoms with Gasteiger partial charge in [-0.15, -0.1) is 0 Å². The van der Waals surface area contributed by atoms with E-state index >= 15 is 0 Å². The third-order valence-electron chi connectivity index (χ3n) is 6.05. The number of aliphatic hydroxyl groups is 1. The van der Waals surface area contributed by atoms with Crippen molar-refractivity contribution in [2.45, 2.75) is 89.3 Å². The lowest BCUT2D eigenvalue weighted by Crippen LogP contribution is -2.54. The van der Waals surface area contributed by atoms with Crippen LogP contribution >= 0.6 is 0 Å². The van der Waals surface area contributed by atoms with Gasteiger partial charge in [-0.2, -0.15) is 0 Å². The molecular formula is C17H31NO. The summed E-state index contributed by atoms with van der Waals surface area (Å²) >= 11 is 0. The molecule has 1 heterocycles. The highest BCUT2D eigenvalue weighted by Gasteiger charge is 2.42. The molecule has 3 fully saturated rings. The maximum atomic E-state index is 10.5. The Morgan fingerprint density at radius 3 is 2.68 bits per heavy atom. The molecule has 19 heavy (non-hydrogen) atoms. The molecule has 5 atom stereocenters. The number of nitrogens with zero attached hydrogens (tertiary/aromatic N) is 1. The van der Waals surface area contributed by atoms with Crippen molar-refractivity contribution in [3.63, 3.8) is 0 Å². The van der Waals surface area contributed by atoms with Crippen LogP contribution in [0.3, 0.4) is 0 Å². The first-order valence-electron chi connectivity index (χ1n) is 8.73. The smallest absolute Gasteiger partial charge is 0.0695 e. The largest absolute Gasteiger partial charge is 0.391 e. The molecule has 2 aliphatic carbocycles. The van der Waals surface area contributed by atoms with Crippen molar-refractivity contribution >= 4 is 0 Å². The number of rotatable bonds is 3.